The number of hydrogen-bond donors (Lipinski definition) is 2. The number of carboxylic acid groups (broad SMARTS) is 1. The third kappa shape index (κ3) is 6.50. The van der Waals surface area contributed by atoms with Crippen LogP contribution in [0.5, 0.6) is 0 Å². The zero-order valence-electron chi connectivity index (χ0n) is 21.7. The Bertz CT molecular complexity index is 1070. The lowest BCUT2D eigenvalue weighted by atomic mass is 9.66. The molecule has 1 atom stereocenters. The lowest BCUT2D eigenvalue weighted by molar-refractivity contribution is -0.137. The van der Waals surface area contributed by atoms with E-state index in [1.54, 1.807) is 6.20 Å². The fourth-order valence-corrected chi connectivity index (χ4v) is 5.56. The van der Waals surface area contributed by atoms with Crippen LogP contribution >= 0.6 is 0 Å². The van der Waals surface area contributed by atoms with Gasteiger partial charge in [0.2, 0.25) is 5.91 Å². The van der Waals surface area contributed by atoms with Crippen LogP contribution in [0.2, 0.25) is 0 Å². The molecule has 0 radical (unpaired) electrons. The number of carboxylic acids is 1. The first-order valence-corrected chi connectivity index (χ1v) is 12.9. The molecular formula is C28H39N3O4. The Labute approximate surface area is 208 Å². The van der Waals surface area contributed by atoms with Crippen LogP contribution < -0.4 is 5.32 Å². The Morgan fingerprint density at radius 1 is 1.20 bits per heavy atom. The molecule has 0 saturated heterocycles. The van der Waals surface area contributed by atoms with E-state index < -0.39 is 5.97 Å². The fraction of sp³-hybridized carbons (Fsp3) is 0.643. The van der Waals surface area contributed by atoms with Crippen molar-refractivity contribution in [2.75, 3.05) is 5.32 Å². The summed E-state index contributed by atoms with van der Waals surface area (Å²) in [6.45, 7) is 10.7. The molecule has 1 amide bonds. The van der Waals surface area contributed by atoms with Crippen molar-refractivity contribution in [2.24, 2.45) is 11.3 Å². The topological polar surface area (TPSA) is 105 Å². The molecule has 190 valence electrons. The van der Waals surface area contributed by atoms with Crippen LogP contribution in [0, 0.1) is 25.2 Å². The molecule has 2 aliphatic rings. The summed E-state index contributed by atoms with van der Waals surface area (Å²) in [5.74, 6) is 1.20. The van der Waals surface area contributed by atoms with E-state index in [1.807, 2.05) is 19.9 Å². The van der Waals surface area contributed by atoms with E-state index in [4.69, 9.17) is 4.52 Å². The molecule has 35 heavy (non-hydrogen) atoms. The van der Waals surface area contributed by atoms with E-state index in [1.165, 1.54) is 12.0 Å². The Balaban J connectivity index is 1.51. The number of carbonyl (C=O) groups excluding carboxylic acids is 1. The second-order valence-corrected chi connectivity index (χ2v) is 11.9. The Hall–Kier alpha value is -2.70. The highest BCUT2D eigenvalue weighted by Gasteiger charge is 2.42. The fourth-order valence-electron chi connectivity index (χ4n) is 5.56. The summed E-state index contributed by atoms with van der Waals surface area (Å²) in [6.07, 6.45) is 7.84. The van der Waals surface area contributed by atoms with E-state index >= 15 is 0 Å². The summed E-state index contributed by atoms with van der Waals surface area (Å²) in [6, 6.07) is 1.93. The molecule has 2 saturated carbocycles. The lowest BCUT2D eigenvalue weighted by Gasteiger charge is -2.38. The maximum Gasteiger partial charge on any atom is 0.303 e. The van der Waals surface area contributed by atoms with Crippen LogP contribution in [0.4, 0.5) is 5.69 Å². The SMILES string of the molecule is Cc1cc(C)c(NC(=O)C[C@H](CCC(=O)O)c2noc(C3CC(CC(C)(C)C)C3)c2C2CC2)cn1. The normalized spacial score (nSPS) is 20.8. The van der Waals surface area contributed by atoms with Gasteiger partial charge in [-0.1, -0.05) is 25.9 Å². The maximum atomic E-state index is 13.0. The van der Waals surface area contributed by atoms with E-state index in [0.717, 1.165) is 48.4 Å². The highest BCUT2D eigenvalue weighted by atomic mass is 16.5. The van der Waals surface area contributed by atoms with Crippen molar-refractivity contribution >= 4 is 17.6 Å². The molecule has 0 spiro atoms. The minimum absolute atomic E-state index is 0.00749. The van der Waals surface area contributed by atoms with Gasteiger partial charge in [-0.3, -0.25) is 14.6 Å². The predicted molar refractivity (Wildman–Crippen MR) is 135 cm³/mol. The van der Waals surface area contributed by atoms with Crippen molar-refractivity contribution in [1.29, 1.82) is 0 Å². The van der Waals surface area contributed by atoms with Gasteiger partial charge in [0, 0.05) is 35.9 Å². The van der Waals surface area contributed by atoms with Gasteiger partial charge in [-0.2, -0.15) is 0 Å². The standard InChI is InChI=1S/C28H39N3O4/c1-16-10-17(2)29-15-22(16)30-23(32)13-20(8-9-24(33)34)26-25(19-6-7-19)27(35-31-26)21-11-18(12-21)14-28(3,4)5/h10,15,18-21H,6-9,11-14H2,1-5H3,(H,30,32)(H,33,34)/t18?,20-,21?/m0/s1. The van der Waals surface area contributed by atoms with E-state index in [2.05, 4.69) is 36.2 Å². The predicted octanol–water partition coefficient (Wildman–Crippen LogP) is 6.47. The van der Waals surface area contributed by atoms with Crippen LogP contribution in [0.3, 0.4) is 0 Å². The first kappa shape index (κ1) is 25.4. The number of hydrogen-bond acceptors (Lipinski definition) is 5. The molecule has 2 N–H and O–H groups in total. The van der Waals surface area contributed by atoms with Crippen LogP contribution in [-0.2, 0) is 9.59 Å². The summed E-state index contributed by atoms with van der Waals surface area (Å²) in [5, 5.41) is 16.8. The molecule has 4 rings (SSSR count). The first-order chi connectivity index (χ1) is 16.5. The largest absolute Gasteiger partial charge is 0.481 e. The molecule has 2 heterocycles. The third-order valence-corrected chi connectivity index (χ3v) is 7.32. The Morgan fingerprint density at radius 2 is 1.91 bits per heavy atom. The second-order valence-electron chi connectivity index (χ2n) is 11.9. The van der Waals surface area contributed by atoms with Gasteiger partial charge in [-0.25, -0.2) is 0 Å². The molecule has 2 aromatic heterocycles. The van der Waals surface area contributed by atoms with Gasteiger partial charge in [-0.15, -0.1) is 0 Å². The summed E-state index contributed by atoms with van der Waals surface area (Å²) < 4.78 is 5.96. The minimum atomic E-state index is -0.866. The molecule has 7 heteroatoms. The Kier molecular flexibility index (Phi) is 7.34. The molecule has 0 bridgehead atoms. The smallest absolute Gasteiger partial charge is 0.303 e. The number of nitrogens with zero attached hydrogens (tertiary/aromatic N) is 2. The van der Waals surface area contributed by atoms with Crippen molar-refractivity contribution in [3.63, 3.8) is 0 Å². The van der Waals surface area contributed by atoms with Crippen molar-refractivity contribution in [3.05, 3.63) is 40.5 Å². The highest BCUT2D eigenvalue weighted by Crippen LogP contribution is 2.53. The maximum absolute atomic E-state index is 13.0. The summed E-state index contributed by atoms with van der Waals surface area (Å²) in [4.78, 5) is 28.7. The molecule has 7 nitrogen and oxygen atoms in total. The monoisotopic (exact) mass is 481 g/mol. The summed E-state index contributed by atoms with van der Waals surface area (Å²) in [5.41, 5.74) is 4.81. The van der Waals surface area contributed by atoms with E-state index in [-0.39, 0.29) is 24.7 Å². The number of anilines is 1. The molecule has 0 aliphatic heterocycles. The zero-order valence-corrected chi connectivity index (χ0v) is 21.7. The van der Waals surface area contributed by atoms with Gasteiger partial charge in [-0.05, 0) is 81.3 Å². The van der Waals surface area contributed by atoms with Crippen LogP contribution in [0.1, 0.15) is 118 Å². The number of aromatic nitrogens is 2. The van der Waals surface area contributed by atoms with Crippen LogP contribution in [-0.4, -0.2) is 27.1 Å². The number of carbonyl (C=O) groups is 2. The number of aliphatic carboxylic acids is 1. The van der Waals surface area contributed by atoms with Gasteiger partial charge >= 0.3 is 5.97 Å². The third-order valence-electron chi connectivity index (χ3n) is 7.32. The van der Waals surface area contributed by atoms with Crippen molar-refractivity contribution in [1.82, 2.24) is 10.1 Å². The van der Waals surface area contributed by atoms with Gasteiger partial charge in [0.05, 0.1) is 17.6 Å². The molecule has 2 fully saturated rings. The summed E-state index contributed by atoms with van der Waals surface area (Å²) >= 11 is 0. The lowest BCUT2D eigenvalue weighted by Crippen LogP contribution is -2.26. The average Bonchev–Trinajstić information content (AvgIpc) is 3.47. The molecule has 0 unspecified atom stereocenters. The second kappa shape index (κ2) is 10.1. The Morgan fingerprint density at radius 3 is 2.51 bits per heavy atom. The number of amides is 1. The summed E-state index contributed by atoms with van der Waals surface area (Å²) in [7, 11) is 0. The van der Waals surface area contributed by atoms with Crippen LogP contribution in [0.15, 0.2) is 16.8 Å². The molecule has 0 aromatic carbocycles. The number of pyridine rings is 1. The van der Waals surface area contributed by atoms with Gasteiger partial charge in [0.25, 0.3) is 0 Å². The van der Waals surface area contributed by atoms with E-state index in [0.29, 0.717) is 35.3 Å². The van der Waals surface area contributed by atoms with Crippen molar-refractivity contribution in [3.8, 4) is 0 Å². The molecule has 2 aliphatic carbocycles. The highest BCUT2D eigenvalue weighted by molar-refractivity contribution is 5.91. The quantitative estimate of drug-likeness (QED) is 0.403. The molecule has 2 aromatic rings. The average molecular weight is 482 g/mol. The van der Waals surface area contributed by atoms with Crippen LogP contribution in [0.25, 0.3) is 0 Å². The van der Waals surface area contributed by atoms with Crippen molar-refractivity contribution in [2.45, 2.75) is 104 Å². The first-order valence-electron chi connectivity index (χ1n) is 12.9. The van der Waals surface area contributed by atoms with Gasteiger partial charge in [0.1, 0.15) is 5.76 Å². The number of nitrogens with one attached hydrogen (secondary N) is 1. The number of aryl methyl sites for hydroxylation is 2. The number of rotatable bonds is 10. The van der Waals surface area contributed by atoms with Gasteiger partial charge < -0.3 is 14.9 Å². The molecular weight excluding hydrogens is 442 g/mol. The van der Waals surface area contributed by atoms with Crippen molar-refractivity contribution < 1.29 is 19.2 Å². The zero-order chi connectivity index (χ0) is 25.3. The minimum Gasteiger partial charge on any atom is -0.481 e. The van der Waals surface area contributed by atoms with Gasteiger partial charge in [0.15, 0.2) is 0 Å². The van der Waals surface area contributed by atoms with E-state index in [9.17, 15) is 14.7 Å².